The van der Waals surface area contributed by atoms with Gasteiger partial charge in [0, 0.05) is 5.56 Å². The van der Waals surface area contributed by atoms with Gasteiger partial charge in [0.2, 0.25) is 0 Å². The minimum atomic E-state index is -0.848. The van der Waals surface area contributed by atoms with Crippen molar-refractivity contribution in [2.24, 2.45) is 5.41 Å². The van der Waals surface area contributed by atoms with Gasteiger partial charge in [0.25, 0.3) is 0 Å². The minimum Gasteiger partial charge on any atom is -0.497 e. The summed E-state index contributed by atoms with van der Waals surface area (Å²) in [5.74, 6) is 1.96. The molecule has 1 aliphatic heterocycles. The highest BCUT2D eigenvalue weighted by Gasteiger charge is 2.54. The summed E-state index contributed by atoms with van der Waals surface area (Å²) in [6.45, 7) is 0. The molecule has 1 aliphatic carbocycles. The average Bonchev–Trinajstić information content (AvgIpc) is 3.29. The smallest absolute Gasteiger partial charge is 0.320 e. The number of esters is 1. The van der Waals surface area contributed by atoms with Crippen LogP contribution in [0.1, 0.15) is 17.5 Å². The van der Waals surface area contributed by atoms with E-state index in [1.54, 1.807) is 14.2 Å². The van der Waals surface area contributed by atoms with E-state index in [2.05, 4.69) is 0 Å². The van der Waals surface area contributed by atoms with Gasteiger partial charge in [-0.05, 0) is 66.1 Å². The molecule has 0 aromatic heterocycles. The van der Waals surface area contributed by atoms with E-state index in [0.29, 0.717) is 12.2 Å². The second-order valence-corrected chi connectivity index (χ2v) is 6.90. The van der Waals surface area contributed by atoms with Gasteiger partial charge in [0.15, 0.2) is 0 Å². The van der Waals surface area contributed by atoms with Crippen molar-refractivity contribution in [2.75, 3.05) is 21.3 Å². The number of hydrogen-bond donors (Lipinski definition) is 0. The predicted octanol–water partition coefficient (Wildman–Crippen LogP) is 4.09. The van der Waals surface area contributed by atoms with Crippen LogP contribution in [-0.2, 0) is 14.3 Å². The fourth-order valence-corrected chi connectivity index (χ4v) is 3.83. The lowest BCUT2D eigenvalue weighted by molar-refractivity contribution is -0.151. The fourth-order valence-electron chi connectivity index (χ4n) is 3.83. The molecular weight excluding hydrogens is 356 g/mol. The summed E-state index contributed by atoms with van der Waals surface area (Å²) in [4.78, 5) is 12.8. The first-order valence-electron chi connectivity index (χ1n) is 9.07. The molecule has 0 saturated carbocycles. The van der Waals surface area contributed by atoms with E-state index < -0.39 is 11.5 Å². The SMILES string of the molecule is COC(=O)[C@]12C=C(c3ccc(OC)cc3)O[C@H]1C=C(c1ccc(OC)cc1)C2. The number of allylic oxidation sites excluding steroid dienone is 1. The molecule has 5 heteroatoms. The van der Waals surface area contributed by atoms with E-state index in [-0.39, 0.29) is 5.97 Å². The summed E-state index contributed by atoms with van der Waals surface area (Å²) in [6, 6.07) is 15.4. The molecule has 0 N–H and O–H groups in total. The lowest BCUT2D eigenvalue weighted by Gasteiger charge is -2.23. The Labute approximate surface area is 164 Å². The molecule has 0 saturated heterocycles. The second kappa shape index (κ2) is 7.08. The zero-order chi connectivity index (χ0) is 19.7. The zero-order valence-corrected chi connectivity index (χ0v) is 16.1. The largest absolute Gasteiger partial charge is 0.497 e. The van der Waals surface area contributed by atoms with Gasteiger partial charge in [-0.25, -0.2) is 0 Å². The third kappa shape index (κ3) is 2.93. The molecule has 2 aliphatic rings. The van der Waals surface area contributed by atoms with Crippen LogP contribution < -0.4 is 9.47 Å². The van der Waals surface area contributed by atoms with Crippen LogP contribution in [0.15, 0.2) is 60.7 Å². The summed E-state index contributed by atoms with van der Waals surface area (Å²) in [6.07, 6.45) is 4.05. The molecule has 5 nitrogen and oxygen atoms in total. The summed E-state index contributed by atoms with van der Waals surface area (Å²) >= 11 is 0. The lowest BCUT2D eigenvalue weighted by Crippen LogP contribution is -2.35. The van der Waals surface area contributed by atoms with Crippen LogP contribution in [-0.4, -0.2) is 33.4 Å². The fraction of sp³-hybridized carbons (Fsp3) is 0.261. The highest BCUT2D eigenvalue weighted by molar-refractivity contribution is 5.90. The third-order valence-electron chi connectivity index (χ3n) is 5.39. The van der Waals surface area contributed by atoms with Crippen molar-refractivity contribution in [1.29, 1.82) is 0 Å². The topological polar surface area (TPSA) is 54.0 Å². The summed E-state index contributed by atoms with van der Waals surface area (Å²) in [5.41, 5.74) is 2.15. The van der Waals surface area contributed by atoms with Crippen molar-refractivity contribution in [3.63, 3.8) is 0 Å². The number of ether oxygens (including phenoxy) is 4. The minimum absolute atomic E-state index is 0.291. The predicted molar refractivity (Wildman–Crippen MR) is 106 cm³/mol. The van der Waals surface area contributed by atoms with Gasteiger partial charge in [-0.15, -0.1) is 0 Å². The van der Waals surface area contributed by atoms with Crippen LogP contribution in [0, 0.1) is 5.41 Å². The number of hydrogen-bond acceptors (Lipinski definition) is 5. The van der Waals surface area contributed by atoms with E-state index in [0.717, 1.165) is 28.2 Å². The summed E-state index contributed by atoms with van der Waals surface area (Å²) in [7, 11) is 4.68. The highest BCUT2D eigenvalue weighted by atomic mass is 16.5. The maximum Gasteiger partial charge on any atom is 0.320 e. The Morgan fingerprint density at radius 3 is 2.04 bits per heavy atom. The molecule has 2 atom stereocenters. The number of fused-ring (bicyclic) bond motifs is 1. The van der Waals surface area contributed by atoms with Gasteiger partial charge in [0.05, 0.1) is 21.3 Å². The Balaban J connectivity index is 1.65. The molecule has 0 spiro atoms. The standard InChI is InChI=1S/C23H22O5/c1-25-18-8-4-15(5-9-18)17-12-21-23(13-17,22(24)27-3)14-20(28-21)16-6-10-19(26-2)11-7-16/h4-12,14,21H,13H2,1-3H3/t21-,23+/m0/s1. The first-order chi connectivity index (χ1) is 13.6. The molecule has 144 valence electrons. The van der Waals surface area contributed by atoms with Crippen LogP contribution >= 0.6 is 0 Å². The number of carbonyl (C=O) groups excluding carboxylic acids is 1. The Kier molecular flexibility index (Phi) is 4.59. The first kappa shape index (κ1) is 18.2. The summed E-state index contributed by atoms with van der Waals surface area (Å²) < 4.78 is 21.8. The Bertz CT molecular complexity index is 940. The van der Waals surface area contributed by atoms with Crippen molar-refractivity contribution in [3.05, 3.63) is 71.8 Å². The second-order valence-electron chi connectivity index (χ2n) is 6.90. The molecule has 2 aromatic carbocycles. The van der Waals surface area contributed by atoms with Crippen LogP contribution in [0.25, 0.3) is 11.3 Å². The molecule has 0 amide bonds. The monoisotopic (exact) mass is 378 g/mol. The van der Waals surface area contributed by atoms with E-state index in [1.807, 2.05) is 60.7 Å². The Hall–Kier alpha value is -3.21. The molecule has 28 heavy (non-hydrogen) atoms. The van der Waals surface area contributed by atoms with Crippen molar-refractivity contribution in [3.8, 4) is 11.5 Å². The average molecular weight is 378 g/mol. The normalized spacial score (nSPS) is 22.6. The van der Waals surface area contributed by atoms with Crippen LogP contribution in [0.2, 0.25) is 0 Å². The van der Waals surface area contributed by atoms with Gasteiger partial charge >= 0.3 is 5.97 Å². The van der Waals surface area contributed by atoms with Crippen molar-refractivity contribution < 1.29 is 23.7 Å². The van der Waals surface area contributed by atoms with Crippen LogP contribution in [0.3, 0.4) is 0 Å². The van der Waals surface area contributed by atoms with Gasteiger partial charge < -0.3 is 18.9 Å². The molecule has 1 heterocycles. The van der Waals surface area contributed by atoms with Gasteiger partial charge in [-0.2, -0.15) is 0 Å². The van der Waals surface area contributed by atoms with E-state index in [4.69, 9.17) is 18.9 Å². The molecular formula is C23H22O5. The molecule has 4 rings (SSSR count). The highest BCUT2D eigenvalue weighted by Crippen LogP contribution is 2.52. The third-order valence-corrected chi connectivity index (χ3v) is 5.39. The molecule has 0 fully saturated rings. The van der Waals surface area contributed by atoms with Crippen LogP contribution in [0.5, 0.6) is 11.5 Å². The molecule has 2 aromatic rings. The maximum absolute atomic E-state index is 12.8. The Morgan fingerprint density at radius 1 is 0.929 bits per heavy atom. The molecule has 0 bridgehead atoms. The van der Waals surface area contributed by atoms with Crippen molar-refractivity contribution in [2.45, 2.75) is 12.5 Å². The van der Waals surface area contributed by atoms with Crippen molar-refractivity contribution >= 4 is 17.3 Å². The molecule has 0 radical (unpaired) electrons. The van der Waals surface area contributed by atoms with Gasteiger partial charge in [0.1, 0.15) is 28.8 Å². The van der Waals surface area contributed by atoms with E-state index in [1.165, 1.54) is 7.11 Å². The number of carbonyl (C=O) groups is 1. The molecule has 0 unspecified atom stereocenters. The van der Waals surface area contributed by atoms with E-state index >= 15 is 0 Å². The van der Waals surface area contributed by atoms with Crippen molar-refractivity contribution in [1.82, 2.24) is 0 Å². The van der Waals surface area contributed by atoms with Crippen LogP contribution in [0.4, 0.5) is 0 Å². The Morgan fingerprint density at radius 2 is 1.50 bits per heavy atom. The van der Waals surface area contributed by atoms with Gasteiger partial charge in [-0.3, -0.25) is 4.79 Å². The maximum atomic E-state index is 12.8. The number of methoxy groups -OCH3 is 3. The quantitative estimate of drug-likeness (QED) is 0.734. The van der Waals surface area contributed by atoms with E-state index in [9.17, 15) is 4.79 Å². The number of benzene rings is 2. The zero-order valence-electron chi connectivity index (χ0n) is 16.1. The first-order valence-corrected chi connectivity index (χ1v) is 9.07. The van der Waals surface area contributed by atoms with Gasteiger partial charge in [-0.1, -0.05) is 12.1 Å². The number of rotatable bonds is 5. The lowest BCUT2D eigenvalue weighted by atomic mass is 9.82. The summed E-state index contributed by atoms with van der Waals surface area (Å²) in [5, 5.41) is 0.